The van der Waals surface area contributed by atoms with Crippen LogP contribution >= 0.6 is 0 Å². The van der Waals surface area contributed by atoms with Crippen LogP contribution in [0.15, 0.2) is 23.4 Å². The van der Waals surface area contributed by atoms with Crippen molar-refractivity contribution in [3.05, 3.63) is 18.3 Å². The summed E-state index contributed by atoms with van der Waals surface area (Å²) in [7, 11) is -3.71. The fourth-order valence-electron chi connectivity index (χ4n) is 0.877. The van der Waals surface area contributed by atoms with Gasteiger partial charge < -0.3 is 4.74 Å². The molecular weight excluding hydrogens is 204 g/mol. The zero-order valence-corrected chi connectivity index (χ0v) is 8.78. The van der Waals surface area contributed by atoms with Crippen LogP contribution in [0, 0.1) is 0 Å². The van der Waals surface area contributed by atoms with Gasteiger partial charge in [0.05, 0.1) is 12.3 Å². The van der Waals surface area contributed by atoms with Gasteiger partial charge in [0.2, 0.25) is 0 Å². The van der Waals surface area contributed by atoms with Gasteiger partial charge in [-0.3, -0.25) is 0 Å². The second kappa shape index (κ2) is 3.93. The van der Waals surface area contributed by atoms with E-state index >= 15 is 0 Å². The molecule has 1 heterocycles. The molecule has 0 amide bonds. The summed E-state index contributed by atoms with van der Waals surface area (Å²) in [6.45, 7) is 3.74. The van der Waals surface area contributed by atoms with Crippen LogP contribution < -0.4 is 9.88 Å². The Hall–Kier alpha value is -1.14. The molecule has 0 aliphatic carbocycles. The Morgan fingerprint density at radius 3 is 2.43 bits per heavy atom. The quantitative estimate of drug-likeness (QED) is 0.798. The molecular formula is C8H12N2O3S. The number of rotatable bonds is 3. The van der Waals surface area contributed by atoms with E-state index in [-0.39, 0.29) is 11.1 Å². The first-order valence-corrected chi connectivity index (χ1v) is 5.60. The van der Waals surface area contributed by atoms with E-state index in [0.29, 0.717) is 5.75 Å². The molecule has 2 N–H and O–H groups in total. The van der Waals surface area contributed by atoms with Gasteiger partial charge in [-0.25, -0.2) is 18.5 Å². The first kappa shape index (κ1) is 10.9. The smallest absolute Gasteiger partial charge is 0.255 e. The summed E-state index contributed by atoms with van der Waals surface area (Å²) in [4.78, 5) is 3.67. The topological polar surface area (TPSA) is 82.3 Å². The normalized spacial score (nSPS) is 11.7. The van der Waals surface area contributed by atoms with E-state index in [1.807, 2.05) is 13.8 Å². The molecule has 0 fully saturated rings. The Kier molecular flexibility index (Phi) is 3.07. The lowest BCUT2D eigenvalue weighted by Crippen LogP contribution is -2.14. The van der Waals surface area contributed by atoms with Gasteiger partial charge in [-0.2, -0.15) is 0 Å². The van der Waals surface area contributed by atoms with Crippen LogP contribution in [-0.2, 0) is 10.0 Å². The van der Waals surface area contributed by atoms with E-state index in [2.05, 4.69) is 4.98 Å². The van der Waals surface area contributed by atoms with E-state index in [1.54, 1.807) is 0 Å². The molecule has 5 nitrogen and oxygen atoms in total. The highest BCUT2D eigenvalue weighted by molar-refractivity contribution is 7.89. The third-order valence-electron chi connectivity index (χ3n) is 1.37. The third-order valence-corrected chi connectivity index (χ3v) is 2.20. The molecule has 0 saturated heterocycles. The predicted molar refractivity (Wildman–Crippen MR) is 51.4 cm³/mol. The maximum absolute atomic E-state index is 10.8. The average molecular weight is 216 g/mol. The number of hydrogen-bond acceptors (Lipinski definition) is 4. The third kappa shape index (κ3) is 2.97. The van der Waals surface area contributed by atoms with E-state index in [9.17, 15) is 8.42 Å². The Balaban J connectivity index is 2.90. The van der Waals surface area contributed by atoms with Crippen molar-refractivity contribution in [2.24, 2.45) is 5.14 Å². The van der Waals surface area contributed by atoms with Crippen molar-refractivity contribution in [1.29, 1.82) is 0 Å². The number of nitrogens with zero attached hydrogens (tertiary/aromatic N) is 1. The maximum Gasteiger partial charge on any atom is 0.255 e. The fraction of sp³-hybridized carbons (Fsp3) is 0.375. The number of hydrogen-bond donors (Lipinski definition) is 1. The summed E-state index contributed by atoms with van der Waals surface area (Å²) in [6.07, 6.45) is 1.36. The van der Waals surface area contributed by atoms with Crippen LogP contribution in [0.3, 0.4) is 0 Å². The molecule has 0 aliphatic rings. The molecule has 1 aromatic rings. The largest absolute Gasteiger partial charge is 0.489 e. The lowest BCUT2D eigenvalue weighted by Gasteiger charge is -2.08. The molecule has 78 valence electrons. The van der Waals surface area contributed by atoms with Crippen molar-refractivity contribution in [3.63, 3.8) is 0 Å². The maximum atomic E-state index is 10.8. The second-order valence-electron chi connectivity index (χ2n) is 3.04. The van der Waals surface area contributed by atoms with Crippen LogP contribution in [0.25, 0.3) is 0 Å². The van der Waals surface area contributed by atoms with Gasteiger partial charge in [-0.1, -0.05) is 0 Å². The van der Waals surface area contributed by atoms with Gasteiger partial charge in [-0.15, -0.1) is 0 Å². The molecule has 14 heavy (non-hydrogen) atoms. The molecule has 0 radical (unpaired) electrons. The first-order chi connectivity index (χ1) is 6.39. The SMILES string of the molecule is CC(C)Oc1ccc(S(N)(=O)=O)nc1. The van der Waals surface area contributed by atoms with Crippen LogP contribution in [0.4, 0.5) is 0 Å². The summed E-state index contributed by atoms with van der Waals surface area (Å²) >= 11 is 0. The standard InChI is InChI=1S/C8H12N2O3S/c1-6(2)13-7-3-4-8(10-5-7)14(9,11)12/h3-6H,1-2H3,(H2,9,11,12). The minimum absolute atomic E-state index is 0.0251. The predicted octanol–water partition coefficient (Wildman–Crippen LogP) is 0.516. The number of pyridine rings is 1. The minimum Gasteiger partial charge on any atom is -0.489 e. The van der Waals surface area contributed by atoms with E-state index in [4.69, 9.17) is 9.88 Å². The van der Waals surface area contributed by atoms with Crippen LogP contribution in [0.5, 0.6) is 5.75 Å². The number of ether oxygens (including phenoxy) is 1. The average Bonchev–Trinajstić information content (AvgIpc) is 2.02. The van der Waals surface area contributed by atoms with Crippen molar-refractivity contribution in [1.82, 2.24) is 4.98 Å². The molecule has 0 saturated carbocycles. The highest BCUT2D eigenvalue weighted by atomic mass is 32.2. The number of aromatic nitrogens is 1. The molecule has 0 unspecified atom stereocenters. The highest BCUT2D eigenvalue weighted by Crippen LogP contribution is 2.12. The molecule has 0 bridgehead atoms. The van der Waals surface area contributed by atoms with Crippen LogP contribution in [-0.4, -0.2) is 19.5 Å². The van der Waals surface area contributed by atoms with E-state index < -0.39 is 10.0 Å². The van der Waals surface area contributed by atoms with Gasteiger partial charge in [0.25, 0.3) is 10.0 Å². The second-order valence-corrected chi connectivity index (χ2v) is 4.55. The Labute approximate surface area is 83.0 Å². The monoisotopic (exact) mass is 216 g/mol. The van der Waals surface area contributed by atoms with Gasteiger partial charge in [0, 0.05) is 0 Å². The van der Waals surface area contributed by atoms with Crippen molar-refractivity contribution >= 4 is 10.0 Å². The van der Waals surface area contributed by atoms with E-state index in [1.165, 1.54) is 18.3 Å². The minimum atomic E-state index is -3.71. The Morgan fingerprint density at radius 1 is 1.43 bits per heavy atom. The molecule has 0 spiro atoms. The number of sulfonamides is 1. The molecule has 0 aromatic carbocycles. The number of nitrogens with two attached hydrogens (primary N) is 1. The van der Waals surface area contributed by atoms with E-state index in [0.717, 1.165) is 0 Å². The molecule has 1 aromatic heterocycles. The molecule has 1 rings (SSSR count). The lowest BCUT2D eigenvalue weighted by atomic mass is 10.4. The van der Waals surface area contributed by atoms with Crippen molar-refractivity contribution in [3.8, 4) is 5.75 Å². The van der Waals surface area contributed by atoms with Crippen LogP contribution in [0.1, 0.15) is 13.8 Å². The zero-order valence-electron chi connectivity index (χ0n) is 7.97. The Morgan fingerprint density at radius 2 is 2.07 bits per heavy atom. The summed E-state index contributed by atoms with van der Waals surface area (Å²) in [6, 6.07) is 2.83. The van der Waals surface area contributed by atoms with Crippen LogP contribution in [0.2, 0.25) is 0 Å². The first-order valence-electron chi connectivity index (χ1n) is 4.05. The lowest BCUT2D eigenvalue weighted by molar-refractivity contribution is 0.241. The highest BCUT2D eigenvalue weighted by Gasteiger charge is 2.09. The molecule has 6 heteroatoms. The summed E-state index contributed by atoms with van der Waals surface area (Å²) in [5.74, 6) is 0.521. The Bertz CT molecular complexity index is 397. The molecule has 0 atom stereocenters. The number of primary sulfonamides is 1. The van der Waals surface area contributed by atoms with Crippen molar-refractivity contribution < 1.29 is 13.2 Å². The summed E-state index contributed by atoms with van der Waals surface area (Å²) < 4.78 is 27.0. The van der Waals surface area contributed by atoms with Crippen molar-refractivity contribution in [2.75, 3.05) is 0 Å². The van der Waals surface area contributed by atoms with Gasteiger partial charge in [0.1, 0.15) is 5.75 Å². The molecule has 0 aliphatic heterocycles. The zero-order chi connectivity index (χ0) is 10.8. The van der Waals surface area contributed by atoms with Gasteiger partial charge in [0.15, 0.2) is 5.03 Å². The van der Waals surface area contributed by atoms with Gasteiger partial charge >= 0.3 is 0 Å². The summed E-state index contributed by atoms with van der Waals surface area (Å²) in [5, 5.41) is 4.72. The fourth-order valence-corrected chi connectivity index (χ4v) is 1.33. The summed E-state index contributed by atoms with van der Waals surface area (Å²) in [5.41, 5.74) is 0. The van der Waals surface area contributed by atoms with Gasteiger partial charge in [-0.05, 0) is 26.0 Å². The van der Waals surface area contributed by atoms with Crippen molar-refractivity contribution in [2.45, 2.75) is 25.0 Å².